The van der Waals surface area contributed by atoms with E-state index in [-0.39, 0.29) is 30.5 Å². The van der Waals surface area contributed by atoms with Gasteiger partial charge in [-0.1, -0.05) is 72.8 Å². The highest BCUT2D eigenvalue weighted by molar-refractivity contribution is 6.18. The van der Waals surface area contributed by atoms with Crippen molar-refractivity contribution >= 4 is 11.6 Å². The van der Waals surface area contributed by atoms with Crippen LogP contribution in [0.5, 0.6) is 11.8 Å². The van der Waals surface area contributed by atoms with Gasteiger partial charge < -0.3 is 18.9 Å². The Balaban J connectivity index is 1.68. The van der Waals surface area contributed by atoms with E-state index in [1.807, 2.05) is 84.9 Å². The van der Waals surface area contributed by atoms with E-state index in [0.717, 1.165) is 11.1 Å². The highest BCUT2D eigenvalue weighted by Crippen LogP contribution is 2.54. The molecule has 0 radical (unpaired) electrons. The largest absolute Gasteiger partial charge is 0.497 e. The molecule has 0 N–H and O–H groups in total. The molecule has 1 aromatic heterocycles. The normalized spacial score (nSPS) is 23.6. The van der Waals surface area contributed by atoms with Crippen LogP contribution in [0.3, 0.4) is 0 Å². The maximum Gasteiger partial charge on any atom is 0.304 e. The number of hydrogen-bond donors (Lipinski definition) is 0. The second-order valence-electron chi connectivity index (χ2n) is 10.1. The van der Waals surface area contributed by atoms with E-state index in [2.05, 4.69) is 4.98 Å². The molecule has 3 atom stereocenters. The molecule has 2 bridgehead atoms. The van der Waals surface area contributed by atoms with E-state index in [0.29, 0.717) is 11.3 Å². The predicted octanol–water partition coefficient (Wildman–Crippen LogP) is 5.31. The van der Waals surface area contributed by atoms with Gasteiger partial charge in [-0.25, -0.2) is 8.96 Å². The van der Waals surface area contributed by atoms with Gasteiger partial charge >= 0.3 is 6.01 Å². The average molecular weight is 563 g/mol. The third kappa shape index (κ3) is 4.10. The minimum Gasteiger partial charge on any atom is -0.497 e. The first-order valence-electron chi connectivity index (χ1n) is 13.0. The van der Waals surface area contributed by atoms with E-state index in [1.54, 1.807) is 14.0 Å². The minimum absolute atomic E-state index is 0.0531. The smallest absolute Gasteiger partial charge is 0.304 e. The molecule has 3 heterocycles. The molecule has 206 valence electrons. The molecule has 7 nitrogen and oxygen atoms in total. The number of alkyl halides is 2. The van der Waals surface area contributed by atoms with Crippen LogP contribution in [0.4, 0.5) is 4.39 Å². The molecule has 3 unspecified atom stereocenters. The van der Waals surface area contributed by atoms with Crippen molar-refractivity contribution in [2.24, 2.45) is 0 Å². The third-order valence-electron chi connectivity index (χ3n) is 7.57. The van der Waals surface area contributed by atoms with Crippen molar-refractivity contribution in [1.82, 2.24) is 9.55 Å². The molecule has 0 spiro atoms. The summed E-state index contributed by atoms with van der Waals surface area (Å²) in [5, 5.41) is 0. The standard InChI is InChI=1S/C31H28ClFN2O5/c1-21-18-35-28(34-27(21)36)38-20-29(19-32)17-26(33)31(35,39-29)40-30(22-9-5-3-6-10-22,23-11-7-4-8-12-23)24-13-15-25(37-2)16-14-24/h3-16,18,26H,17,19-20H2,1-2H3. The van der Waals surface area contributed by atoms with Crippen LogP contribution < -0.4 is 15.0 Å². The second kappa shape index (κ2) is 10.0. The zero-order valence-electron chi connectivity index (χ0n) is 22.1. The quantitative estimate of drug-likeness (QED) is 0.225. The van der Waals surface area contributed by atoms with Gasteiger partial charge in [0.1, 0.15) is 23.6 Å². The van der Waals surface area contributed by atoms with Gasteiger partial charge in [0.15, 0.2) is 6.17 Å². The SMILES string of the molecule is COc1ccc(C(OC23OC(CCl)(COc4nc(=O)c(C)cn42)CC3F)(c2ccccc2)c2ccccc2)cc1. The summed E-state index contributed by atoms with van der Waals surface area (Å²) in [7, 11) is 1.59. The fourth-order valence-electron chi connectivity index (χ4n) is 5.54. The van der Waals surface area contributed by atoms with Crippen molar-refractivity contribution in [1.29, 1.82) is 0 Å². The first-order chi connectivity index (χ1) is 19.4. The van der Waals surface area contributed by atoms with Gasteiger partial charge in [0, 0.05) is 18.2 Å². The Morgan fingerprint density at radius 1 is 1.02 bits per heavy atom. The van der Waals surface area contributed by atoms with Gasteiger partial charge in [-0.15, -0.1) is 11.6 Å². The fraction of sp³-hybridized carbons (Fsp3) is 0.290. The van der Waals surface area contributed by atoms with E-state index in [1.165, 1.54) is 10.8 Å². The first-order valence-corrected chi connectivity index (χ1v) is 13.5. The third-order valence-corrected chi connectivity index (χ3v) is 8.06. The van der Waals surface area contributed by atoms with Crippen molar-refractivity contribution in [2.75, 3.05) is 19.6 Å². The highest BCUT2D eigenvalue weighted by Gasteiger charge is 2.65. The molecular weight excluding hydrogens is 535 g/mol. The number of aromatic nitrogens is 2. The Hall–Kier alpha value is -3.72. The van der Waals surface area contributed by atoms with Crippen LogP contribution in [0.1, 0.15) is 28.7 Å². The number of ether oxygens (including phenoxy) is 4. The maximum absolute atomic E-state index is 16.7. The van der Waals surface area contributed by atoms with Crippen molar-refractivity contribution in [3.63, 3.8) is 0 Å². The molecule has 2 aliphatic rings. The number of hydrogen-bond acceptors (Lipinski definition) is 6. The van der Waals surface area contributed by atoms with Gasteiger partial charge in [0.2, 0.25) is 0 Å². The van der Waals surface area contributed by atoms with E-state index >= 15 is 4.39 Å². The predicted molar refractivity (Wildman–Crippen MR) is 148 cm³/mol. The van der Waals surface area contributed by atoms with Crippen molar-refractivity contribution in [3.8, 4) is 11.8 Å². The molecule has 0 amide bonds. The summed E-state index contributed by atoms with van der Waals surface area (Å²) in [5.41, 5.74) is -0.635. The lowest BCUT2D eigenvalue weighted by atomic mass is 9.79. The Bertz CT molecular complexity index is 1530. The molecule has 4 aromatic rings. The summed E-state index contributed by atoms with van der Waals surface area (Å²) in [5.74, 6) is -1.48. The van der Waals surface area contributed by atoms with Crippen LogP contribution in [0, 0.1) is 6.92 Å². The molecule has 1 fully saturated rings. The number of methoxy groups -OCH3 is 1. The Kier molecular flexibility index (Phi) is 6.65. The molecule has 6 rings (SSSR count). The van der Waals surface area contributed by atoms with Crippen molar-refractivity contribution < 1.29 is 23.3 Å². The minimum atomic E-state index is -2.09. The van der Waals surface area contributed by atoms with Crippen LogP contribution in [0.2, 0.25) is 0 Å². The monoisotopic (exact) mass is 562 g/mol. The topological polar surface area (TPSA) is 71.8 Å². The molecule has 3 aromatic carbocycles. The Morgan fingerprint density at radius 2 is 1.62 bits per heavy atom. The molecule has 2 aliphatic heterocycles. The van der Waals surface area contributed by atoms with Crippen LogP contribution >= 0.6 is 11.6 Å². The molecule has 0 saturated carbocycles. The summed E-state index contributed by atoms with van der Waals surface area (Å²) in [4.78, 5) is 16.6. The summed E-state index contributed by atoms with van der Waals surface area (Å²) in [6.07, 6.45) is -0.298. The summed E-state index contributed by atoms with van der Waals surface area (Å²) < 4.78 is 43.2. The number of halogens is 2. The van der Waals surface area contributed by atoms with E-state index in [4.69, 9.17) is 30.5 Å². The first kappa shape index (κ1) is 26.5. The number of fused-ring (bicyclic) bond motifs is 4. The van der Waals surface area contributed by atoms with Crippen LogP contribution in [0.15, 0.2) is 95.9 Å². The fourth-order valence-corrected chi connectivity index (χ4v) is 5.78. The molecule has 1 saturated heterocycles. The average Bonchev–Trinajstić information content (AvgIpc) is 3.21. The van der Waals surface area contributed by atoms with Crippen LogP contribution in [-0.2, 0) is 21.0 Å². The number of nitrogens with zero attached hydrogens (tertiary/aromatic N) is 2. The molecule has 40 heavy (non-hydrogen) atoms. The number of aryl methyl sites for hydroxylation is 1. The zero-order valence-corrected chi connectivity index (χ0v) is 22.8. The lowest BCUT2D eigenvalue weighted by molar-refractivity contribution is -0.344. The van der Waals surface area contributed by atoms with Gasteiger partial charge in [0.05, 0.1) is 13.0 Å². The van der Waals surface area contributed by atoms with Crippen LogP contribution in [-0.4, -0.2) is 40.9 Å². The van der Waals surface area contributed by atoms with Gasteiger partial charge in [-0.3, -0.25) is 4.79 Å². The number of benzene rings is 3. The zero-order chi connectivity index (χ0) is 28.0. The second-order valence-corrected chi connectivity index (χ2v) is 10.4. The summed E-state index contributed by atoms with van der Waals surface area (Å²) in [6.45, 7) is 1.51. The van der Waals surface area contributed by atoms with Gasteiger partial charge in [-0.05, 0) is 35.7 Å². The Morgan fingerprint density at radius 3 is 2.20 bits per heavy atom. The summed E-state index contributed by atoms with van der Waals surface area (Å²) in [6, 6.07) is 26.4. The molecular formula is C31H28ClFN2O5. The van der Waals surface area contributed by atoms with Crippen LogP contribution in [0.25, 0.3) is 0 Å². The van der Waals surface area contributed by atoms with Gasteiger partial charge in [0.25, 0.3) is 11.5 Å². The van der Waals surface area contributed by atoms with E-state index in [9.17, 15) is 4.79 Å². The molecule has 0 aliphatic carbocycles. The van der Waals surface area contributed by atoms with Crippen molar-refractivity contribution in [2.45, 2.75) is 36.6 Å². The van der Waals surface area contributed by atoms with Gasteiger partial charge in [-0.2, -0.15) is 4.98 Å². The number of rotatable bonds is 7. The Labute approximate surface area is 236 Å². The van der Waals surface area contributed by atoms with Crippen molar-refractivity contribution in [3.05, 3.63) is 124 Å². The lowest BCUT2D eigenvalue weighted by Crippen LogP contribution is -2.51. The highest BCUT2D eigenvalue weighted by atomic mass is 35.5. The van der Waals surface area contributed by atoms with E-state index < -0.39 is 28.8 Å². The molecule has 9 heteroatoms. The summed E-state index contributed by atoms with van der Waals surface area (Å²) >= 11 is 6.39. The maximum atomic E-state index is 16.7. The lowest BCUT2D eigenvalue weighted by Gasteiger charge is -2.44.